The summed E-state index contributed by atoms with van der Waals surface area (Å²) in [6.07, 6.45) is 0.979. The number of nitrogens with zero attached hydrogens (tertiary/aromatic N) is 2. The Labute approximate surface area is 116 Å². The van der Waals surface area contributed by atoms with Crippen molar-refractivity contribution in [3.63, 3.8) is 0 Å². The zero-order valence-corrected chi connectivity index (χ0v) is 13.2. The second-order valence-corrected chi connectivity index (χ2v) is 5.73. The molecule has 4 heteroatoms. The number of aryl methyl sites for hydroxylation is 2. The van der Waals surface area contributed by atoms with E-state index in [1.165, 1.54) is 5.69 Å². The normalized spacial score (nSPS) is 15.1. The monoisotopic (exact) mass is 271 g/mol. The molecule has 1 aromatic rings. The van der Waals surface area contributed by atoms with E-state index in [1.54, 1.807) is 0 Å². The maximum atomic E-state index is 6.39. The van der Waals surface area contributed by atoms with Crippen molar-refractivity contribution in [2.45, 2.75) is 53.6 Å². The number of hydrogen-bond acceptors (Lipinski definition) is 2. The van der Waals surface area contributed by atoms with Crippen molar-refractivity contribution >= 4 is 11.6 Å². The smallest absolute Gasteiger partial charge is 0.0847 e. The highest BCUT2D eigenvalue weighted by Crippen LogP contribution is 2.27. The van der Waals surface area contributed by atoms with Crippen LogP contribution in [0.25, 0.3) is 0 Å². The van der Waals surface area contributed by atoms with E-state index < -0.39 is 0 Å². The molecule has 0 fully saturated rings. The van der Waals surface area contributed by atoms with E-state index in [0.717, 1.165) is 23.7 Å². The fourth-order valence-corrected chi connectivity index (χ4v) is 2.70. The molecule has 1 rings (SSSR count). The largest absolute Gasteiger partial charge is 0.317 e. The third-order valence-corrected chi connectivity index (χ3v) is 4.33. The first-order valence-electron chi connectivity index (χ1n) is 6.81. The van der Waals surface area contributed by atoms with Gasteiger partial charge in [0.25, 0.3) is 0 Å². The van der Waals surface area contributed by atoms with Gasteiger partial charge in [-0.15, -0.1) is 0 Å². The lowest BCUT2D eigenvalue weighted by molar-refractivity contribution is 0.294. The highest BCUT2D eigenvalue weighted by molar-refractivity contribution is 6.31. The highest BCUT2D eigenvalue weighted by Gasteiger charge is 2.24. The Morgan fingerprint density at radius 2 is 1.94 bits per heavy atom. The van der Waals surface area contributed by atoms with Crippen LogP contribution in [-0.2, 0) is 13.0 Å². The van der Waals surface area contributed by atoms with Crippen molar-refractivity contribution in [1.29, 1.82) is 0 Å². The van der Waals surface area contributed by atoms with Crippen LogP contribution in [0.1, 0.15) is 39.1 Å². The summed E-state index contributed by atoms with van der Waals surface area (Å²) < 4.78 is 2.04. The minimum Gasteiger partial charge on any atom is -0.317 e. The summed E-state index contributed by atoms with van der Waals surface area (Å²) in [5.41, 5.74) is 2.12. The van der Waals surface area contributed by atoms with Crippen molar-refractivity contribution in [3.8, 4) is 0 Å². The second-order valence-electron chi connectivity index (χ2n) is 5.35. The lowest BCUT2D eigenvalue weighted by Crippen LogP contribution is -2.35. The fourth-order valence-electron chi connectivity index (χ4n) is 2.49. The summed E-state index contributed by atoms with van der Waals surface area (Å²) in [5, 5.41) is 8.69. The van der Waals surface area contributed by atoms with Crippen LogP contribution in [0.15, 0.2) is 0 Å². The third kappa shape index (κ3) is 3.27. The van der Waals surface area contributed by atoms with Gasteiger partial charge in [-0.25, -0.2) is 0 Å². The molecule has 1 heterocycles. The van der Waals surface area contributed by atoms with E-state index in [0.29, 0.717) is 17.9 Å². The molecule has 0 saturated carbocycles. The second kappa shape index (κ2) is 6.58. The summed E-state index contributed by atoms with van der Waals surface area (Å²) in [6.45, 7) is 11.7. The van der Waals surface area contributed by atoms with Gasteiger partial charge in [-0.1, -0.05) is 25.4 Å². The molecule has 2 unspecified atom stereocenters. The molecule has 0 aliphatic rings. The number of halogens is 1. The van der Waals surface area contributed by atoms with Crippen molar-refractivity contribution in [2.75, 3.05) is 7.05 Å². The van der Waals surface area contributed by atoms with E-state index in [2.05, 4.69) is 38.1 Å². The van der Waals surface area contributed by atoms with E-state index in [4.69, 9.17) is 11.6 Å². The van der Waals surface area contributed by atoms with Gasteiger partial charge >= 0.3 is 0 Å². The molecule has 0 radical (unpaired) electrons. The topological polar surface area (TPSA) is 29.9 Å². The van der Waals surface area contributed by atoms with Crippen molar-refractivity contribution in [3.05, 3.63) is 16.4 Å². The van der Waals surface area contributed by atoms with Crippen molar-refractivity contribution in [1.82, 2.24) is 15.1 Å². The highest BCUT2D eigenvalue weighted by atomic mass is 35.5. The van der Waals surface area contributed by atoms with Gasteiger partial charge in [0.15, 0.2) is 0 Å². The summed E-state index contributed by atoms with van der Waals surface area (Å²) >= 11 is 6.39. The molecule has 0 bridgehead atoms. The van der Waals surface area contributed by atoms with Crippen LogP contribution in [0.3, 0.4) is 0 Å². The van der Waals surface area contributed by atoms with Crippen LogP contribution in [0.5, 0.6) is 0 Å². The van der Waals surface area contributed by atoms with Gasteiger partial charge in [0, 0.05) is 12.6 Å². The molecule has 104 valence electrons. The number of nitrogens with one attached hydrogen (secondary N) is 1. The molecular formula is C14H26ClN3. The number of hydrogen-bond donors (Lipinski definition) is 1. The van der Waals surface area contributed by atoms with E-state index in [9.17, 15) is 0 Å². The first-order chi connectivity index (χ1) is 8.42. The maximum absolute atomic E-state index is 6.39. The minimum atomic E-state index is 0.474. The molecular weight excluding hydrogens is 246 g/mol. The Morgan fingerprint density at radius 1 is 1.33 bits per heavy atom. The molecule has 0 spiro atoms. The predicted molar refractivity (Wildman–Crippen MR) is 78.2 cm³/mol. The lowest BCUT2D eigenvalue weighted by atomic mass is 9.85. The van der Waals surface area contributed by atoms with Crippen LogP contribution < -0.4 is 5.32 Å². The van der Waals surface area contributed by atoms with Gasteiger partial charge in [0.1, 0.15) is 0 Å². The first-order valence-corrected chi connectivity index (χ1v) is 7.19. The van der Waals surface area contributed by atoms with Crippen LogP contribution in [0.2, 0.25) is 5.02 Å². The molecule has 0 saturated heterocycles. The summed E-state index contributed by atoms with van der Waals surface area (Å²) in [6, 6.07) is 0.474. The summed E-state index contributed by atoms with van der Waals surface area (Å²) in [5.74, 6) is 1.18. The van der Waals surface area contributed by atoms with Gasteiger partial charge in [-0.2, -0.15) is 5.10 Å². The third-order valence-electron chi connectivity index (χ3n) is 3.84. The molecule has 0 aliphatic carbocycles. The Morgan fingerprint density at radius 3 is 2.39 bits per heavy atom. The molecule has 18 heavy (non-hydrogen) atoms. The Balaban J connectivity index is 3.00. The van der Waals surface area contributed by atoms with Gasteiger partial charge in [0.2, 0.25) is 0 Å². The van der Waals surface area contributed by atoms with Crippen molar-refractivity contribution < 1.29 is 0 Å². The lowest BCUT2D eigenvalue weighted by Gasteiger charge is -2.27. The predicted octanol–water partition coefficient (Wildman–Crippen LogP) is 3.29. The van der Waals surface area contributed by atoms with Gasteiger partial charge in [-0.05, 0) is 46.1 Å². The van der Waals surface area contributed by atoms with Gasteiger partial charge in [0.05, 0.1) is 16.4 Å². The van der Waals surface area contributed by atoms with Crippen LogP contribution in [0, 0.1) is 18.8 Å². The summed E-state index contributed by atoms with van der Waals surface area (Å²) in [7, 11) is 2.02. The SMILES string of the molecule is CCn1nc(C)c(Cl)c1CC(C(C)C)C(C)NC. The van der Waals surface area contributed by atoms with E-state index in [-0.39, 0.29) is 0 Å². The minimum absolute atomic E-state index is 0.474. The van der Waals surface area contributed by atoms with Crippen LogP contribution >= 0.6 is 11.6 Å². The molecule has 3 nitrogen and oxygen atoms in total. The molecule has 0 aliphatic heterocycles. The Hall–Kier alpha value is -0.540. The van der Waals surface area contributed by atoms with E-state index in [1.807, 2.05) is 18.7 Å². The zero-order valence-electron chi connectivity index (χ0n) is 12.4. The maximum Gasteiger partial charge on any atom is 0.0847 e. The fraction of sp³-hybridized carbons (Fsp3) is 0.786. The average Bonchev–Trinajstić information content (AvgIpc) is 2.61. The van der Waals surface area contributed by atoms with Crippen molar-refractivity contribution in [2.24, 2.45) is 11.8 Å². The average molecular weight is 272 g/mol. The molecule has 1 N–H and O–H groups in total. The Bertz CT molecular complexity index is 385. The quantitative estimate of drug-likeness (QED) is 0.861. The van der Waals surface area contributed by atoms with Gasteiger partial charge in [-0.3, -0.25) is 4.68 Å². The van der Waals surface area contributed by atoms with Crippen LogP contribution in [0.4, 0.5) is 0 Å². The zero-order chi connectivity index (χ0) is 13.9. The van der Waals surface area contributed by atoms with Crippen LogP contribution in [-0.4, -0.2) is 22.9 Å². The summed E-state index contributed by atoms with van der Waals surface area (Å²) in [4.78, 5) is 0. The molecule has 0 aromatic carbocycles. The van der Waals surface area contributed by atoms with E-state index >= 15 is 0 Å². The molecule has 0 amide bonds. The number of aromatic nitrogens is 2. The standard InChI is InChI=1S/C14H26ClN3/c1-7-18-13(14(15)11(5)17-18)8-12(9(2)3)10(4)16-6/h9-10,12,16H,7-8H2,1-6H3. The molecule has 2 atom stereocenters. The Kier molecular flexibility index (Phi) is 5.67. The number of rotatable bonds is 6. The molecule has 1 aromatic heterocycles. The van der Waals surface area contributed by atoms with Gasteiger partial charge < -0.3 is 5.32 Å². The first kappa shape index (κ1) is 15.5.